The Morgan fingerprint density at radius 3 is 2.89 bits per heavy atom. The molecule has 1 fully saturated rings. The maximum absolute atomic E-state index is 13.0. The number of methoxy groups -OCH3 is 1. The summed E-state index contributed by atoms with van der Waals surface area (Å²) in [7, 11) is 1.62. The number of carbonyl (C=O) groups excluding carboxylic acids is 1. The fourth-order valence-electron chi connectivity index (χ4n) is 3.61. The molecule has 1 aromatic heterocycles. The zero-order valence-corrected chi connectivity index (χ0v) is 16.2. The number of nitrogens with zero attached hydrogens (tertiary/aromatic N) is 2. The SMILES string of the molecule is CCC1CN(C(=O)c2cccc(-c3cc4ccccc4nc3OC)c2)CCO1. The molecule has 1 aliphatic rings. The molecule has 1 aliphatic heterocycles. The predicted molar refractivity (Wildman–Crippen MR) is 110 cm³/mol. The number of aromatic nitrogens is 1. The topological polar surface area (TPSA) is 51.7 Å². The molecule has 144 valence electrons. The Kier molecular flexibility index (Phi) is 5.26. The molecule has 5 nitrogen and oxygen atoms in total. The molecule has 28 heavy (non-hydrogen) atoms. The average molecular weight is 376 g/mol. The molecule has 1 saturated heterocycles. The van der Waals surface area contributed by atoms with Crippen molar-refractivity contribution in [3.05, 3.63) is 60.2 Å². The number of morpholine rings is 1. The van der Waals surface area contributed by atoms with Crippen LogP contribution >= 0.6 is 0 Å². The lowest BCUT2D eigenvalue weighted by Gasteiger charge is -2.32. The minimum Gasteiger partial charge on any atom is -0.481 e. The van der Waals surface area contributed by atoms with Crippen LogP contribution < -0.4 is 4.74 Å². The summed E-state index contributed by atoms with van der Waals surface area (Å²) in [5.41, 5.74) is 3.35. The molecule has 4 rings (SSSR count). The first kappa shape index (κ1) is 18.4. The van der Waals surface area contributed by atoms with Crippen molar-refractivity contribution in [3.63, 3.8) is 0 Å². The Morgan fingerprint density at radius 1 is 1.21 bits per heavy atom. The number of pyridine rings is 1. The predicted octanol–water partition coefficient (Wildman–Crippen LogP) is 4.16. The van der Waals surface area contributed by atoms with Gasteiger partial charge in [-0.25, -0.2) is 4.98 Å². The lowest BCUT2D eigenvalue weighted by atomic mass is 10.0. The minimum atomic E-state index is 0.0383. The van der Waals surface area contributed by atoms with Crippen LogP contribution in [-0.4, -0.2) is 48.7 Å². The number of fused-ring (bicyclic) bond motifs is 1. The number of amides is 1. The van der Waals surface area contributed by atoms with Gasteiger partial charge in [0.2, 0.25) is 5.88 Å². The first-order chi connectivity index (χ1) is 13.7. The molecular formula is C23H24N2O3. The molecule has 1 atom stereocenters. The van der Waals surface area contributed by atoms with Crippen LogP contribution in [0.25, 0.3) is 22.0 Å². The average Bonchev–Trinajstić information content (AvgIpc) is 2.77. The van der Waals surface area contributed by atoms with E-state index >= 15 is 0 Å². The van der Waals surface area contributed by atoms with Gasteiger partial charge in [-0.2, -0.15) is 0 Å². The summed E-state index contributed by atoms with van der Waals surface area (Å²) in [5.74, 6) is 0.594. The lowest BCUT2D eigenvalue weighted by Crippen LogP contribution is -2.45. The second-order valence-electron chi connectivity index (χ2n) is 6.97. The van der Waals surface area contributed by atoms with Crippen molar-refractivity contribution in [1.82, 2.24) is 9.88 Å². The zero-order chi connectivity index (χ0) is 19.5. The van der Waals surface area contributed by atoms with E-state index in [9.17, 15) is 4.79 Å². The van der Waals surface area contributed by atoms with Crippen molar-refractivity contribution in [2.45, 2.75) is 19.4 Å². The van der Waals surface area contributed by atoms with Gasteiger partial charge in [0, 0.05) is 29.6 Å². The van der Waals surface area contributed by atoms with Crippen molar-refractivity contribution < 1.29 is 14.3 Å². The third-order valence-electron chi connectivity index (χ3n) is 5.18. The van der Waals surface area contributed by atoms with Crippen molar-refractivity contribution in [3.8, 4) is 17.0 Å². The third-order valence-corrected chi connectivity index (χ3v) is 5.18. The standard InChI is InChI=1S/C23H24N2O3/c1-3-19-15-25(11-12-28-19)23(26)18-9-6-8-16(13-18)20-14-17-7-4-5-10-21(17)24-22(20)27-2/h4-10,13-14,19H,3,11-12,15H2,1-2H3. The van der Waals surface area contributed by atoms with Gasteiger partial charge in [0.25, 0.3) is 5.91 Å². The lowest BCUT2D eigenvalue weighted by molar-refractivity contribution is -0.0226. The Labute approximate surface area is 164 Å². The highest BCUT2D eigenvalue weighted by Gasteiger charge is 2.24. The summed E-state index contributed by atoms with van der Waals surface area (Å²) in [4.78, 5) is 19.5. The molecule has 0 saturated carbocycles. The molecular weight excluding hydrogens is 352 g/mol. The van der Waals surface area contributed by atoms with Crippen LogP contribution in [0.15, 0.2) is 54.6 Å². The number of hydrogen-bond donors (Lipinski definition) is 0. The molecule has 3 aromatic rings. The number of hydrogen-bond acceptors (Lipinski definition) is 4. The van der Waals surface area contributed by atoms with Crippen LogP contribution in [-0.2, 0) is 4.74 Å². The van der Waals surface area contributed by atoms with E-state index in [1.54, 1.807) is 7.11 Å². The monoisotopic (exact) mass is 376 g/mol. The Balaban J connectivity index is 1.69. The molecule has 2 aromatic carbocycles. The van der Waals surface area contributed by atoms with E-state index in [0.717, 1.165) is 28.5 Å². The van der Waals surface area contributed by atoms with Crippen LogP contribution in [0, 0.1) is 0 Å². The van der Waals surface area contributed by atoms with Gasteiger partial charge in [-0.1, -0.05) is 37.3 Å². The highest BCUT2D eigenvalue weighted by molar-refractivity contribution is 5.96. The molecule has 1 unspecified atom stereocenters. The van der Waals surface area contributed by atoms with Gasteiger partial charge in [0.1, 0.15) is 0 Å². The second-order valence-corrected chi connectivity index (χ2v) is 6.97. The molecule has 0 N–H and O–H groups in total. The molecule has 5 heteroatoms. The smallest absolute Gasteiger partial charge is 0.254 e. The van der Waals surface area contributed by atoms with Crippen LogP contribution in [0.5, 0.6) is 5.88 Å². The summed E-state index contributed by atoms with van der Waals surface area (Å²) in [5, 5.41) is 1.04. The highest BCUT2D eigenvalue weighted by Crippen LogP contribution is 2.32. The van der Waals surface area contributed by atoms with Gasteiger partial charge in [-0.3, -0.25) is 4.79 Å². The molecule has 0 bridgehead atoms. The fourth-order valence-corrected chi connectivity index (χ4v) is 3.61. The summed E-state index contributed by atoms with van der Waals surface area (Å²) < 4.78 is 11.2. The van der Waals surface area contributed by atoms with Gasteiger partial charge < -0.3 is 14.4 Å². The van der Waals surface area contributed by atoms with E-state index in [0.29, 0.717) is 31.1 Å². The summed E-state index contributed by atoms with van der Waals surface area (Å²) in [6, 6.07) is 17.7. The van der Waals surface area contributed by atoms with E-state index in [1.807, 2.05) is 53.4 Å². The van der Waals surface area contributed by atoms with Crippen molar-refractivity contribution >= 4 is 16.8 Å². The van der Waals surface area contributed by atoms with Crippen LogP contribution in [0.3, 0.4) is 0 Å². The second kappa shape index (κ2) is 7.98. The molecule has 0 radical (unpaired) electrons. The molecule has 2 heterocycles. The van der Waals surface area contributed by atoms with Crippen molar-refractivity contribution in [2.24, 2.45) is 0 Å². The third kappa shape index (κ3) is 3.58. The van der Waals surface area contributed by atoms with Crippen molar-refractivity contribution in [1.29, 1.82) is 0 Å². The van der Waals surface area contributed by atoms with E-state index in [2.05, 4.69) is 18.0 Å². The maximum Gasteiger partial charge on any atom is 0.254 e. The maximum atomic E-state index is 13.0. The summed E-state index contributed by atoms with van der Waals surface area (Å²) >= 11 is 0. The Morgan fingerprint density at radius 2 is 2.07 bits per heavy atom. The van der Waals surface area contributed by atoms with Crippen molar-refractivity contribution in [2.75, 3.05) is 26.8 Å². The number of para-hydroxylation sites is 1. The fraction of sp³-hybridized carbons (Fsp3) is 0.304. The number of benzene rings is 2. The van der Waals surface area contributed by atoms with Crippen LogP contribution in [0.2, 0.25) is 0 Å². The number of rotatable bonds is 4. The van der Waals surface area contributed by atoms with E-state index in [1.165, 1.54) is 0 Å². The van der Waals surface area contributed by atoms with Gasteiger partial charge in [-0.05, 0) is 36.2 Å². The normalized spacial score (nSPS) is 16.9. The molecule has 0 aliphatic carbocycles. The van der Waals surface area contributed by atoms with Gasteiger partial charge in [0.05, 0.1) is 25.3 Å². The van der Waals surface area contributed by atoms with E-state index in [-0.39, 0.29) is 12.0 Å². The highest BCUT2D eigenvalue weighted by atomic mass is 16.5. The zero-order valence-electron chi connectivity index (χ0n) is 16.2. The largest absolute Gasteiger partial charge is 0.481 e. The van der Waals surface area contributed by atoms with E-state index in [4.69, 9.17) is 9.47 Å². The Bertz CT molecular complexity index is 1000. The van der Waals surface area contributed by atoms with E-state index < -0.39 is 0 Å². The summed E-state index contributed by atoms with van der Waals surface area (Å²) in [6.45, 7) is 3.94. The van der Waals surface area contributed by atoms with Gasteiger partial charge in [-0.15, -0.1) is 0 Å². The Hall–Kier alpha value is -2.92. The number of carbonyl (C=O) groups is 1. The first-order valence-corrected chi connectivity index (χ1v) is 9.64. The van der Waals surface area contributed by atoms with Gasteiger partial charge in [0.15, 0.2) is 0 Å². The van der Waals surface area contributed by atoms with Crippen LogP contribution in [0.4, 0.5) is 0 Å². The van der Waals surface area contributed by atoms with Crippen LogP contribution in [0.1, 0.15) is 23.7 Å². The summed E-state index contributed by atoms with van der Waals surface area (Å²) in [6.07, 6.45) is 1.02. The quantitative estimate of drug-likeness (QED) is 0.686. The molecule has 1 amide bonds. The number of ether oxygens (including phenoxy) is 2. The molecule has 0 spiro atoms. The first-order valence-electron chi connectivity index (χ1n) is 9.64. The minimum absolute atomic E-state index is 0.0383. The van der Waals surface area contributed by atoms with Gasteiger partial charge >= 0.3 is 0 Å².